The first-order valence-corrected chi connectivity index (χ1v) is 10.8. The highest BCUT2D eigenvalue weighted by molar-refractivity contribution is 5.78. The molecule has 1 saturated heterocycles. The second-order valence-corrected chi connectivity index (χ2v) is 7.42. The van der Waals surface area contributed by atoms with E-state index < -0.39 is 0 Å². The summed E-state index contributed by atoms with van der Waals surface area (Å²) >= 11 is 0. The normalized spacial score (nSPS) is 16.3. The monoisotopic (exact) mass is 449 g/mol. The summed E-state index contributed by atoms with van der Waals surface area (Å²) in [5, 5.41) is 1.14. The highest BCUT2D eigenvalue weighted by Crippen LogP contribution is 2.17. The number of para-hydroxylation sites is 1. The molecule has 0 N–H and O–H groups in total. The number of nitrogens with zero attached hydrogens (tertiary/aromatic N) is 5. The molecule has 9 nitrogen and oxygen atoms in total. The number of fused-ring (bicyclic) bond motifs is 1. The minimum atomic E-state index is -0.133. The van der Waals surface area contributed by atoms with Crippen LogP contribution in [0.4, 0.5) is 0 Å². The van der Waals surface area contributed by atoms with Gasteiger partial charge in [0.2, 0.25) is 0 Å². The van der Waals surface area contributed by atoms with Crippen LogP contribution in [0.15, 0.2) is 61.7 Å². The van der Waals surface area contributed by atoms with E-state index in [1.807, 2.05) is 18.2 Å². The summed E-state index contributed by atoms with van der Waals surface area (Å²) in [6.07, 6.45) is 3.07. The maximum Gasteiger partial charge on any atom is 0.326 e. The first kappa shape index (κ1) is 22.6. The molecule has 4 rings (SSSR count). The van der Waals surface area contributed by atoms with Crippen LogP contribution in [0.3, 0.4) is 0 Å². The van der Waals surface area contributed by atoms with E-state index in [9.17, 15) is 0 Å². The van der Waals surface area contributed by atoms with Crippen LogP contribution in [-0.4, -0.2) is 70.5 Å². The van der Waals surface area contributed by atoms with Crippen molar-refractivity contribution in [1.82, 2.24) is 24.8 Å². The smallest absolute Gasteiger partial charge is 0.326 e. The lowest BCUT2D eigenvalue weighted by molar-refractivity contribution is -0.0521. The fraction of sp³-hybridized carbons (Fsp3) is 0.333. The Morgan fingerprint density at radius 2 is 1.61 bits per heavy atom. The standard InChI is InChI=1S/C24H27N5O4/c1-3-12-31-22-26-23(32-13-4-2)28-24(27-22)33-17-20-16-29(11-14-30-20)15-19-10-9-18-7-5-6-8-21(18)25-19/h3-10,20H,1-2,11-17H2. The molecule has 0 bridgehead atoms. The Bertz CT molecular complexity index is 1060. The zero-order valence-electron chi connectivity index (χ0n) is 18.4. The lowest BCUT2D eigenvalue weighted by atomic mass is 10.2. The highest BCUT2D eigenvalue weighted by atomic mass is 16.6. The van der Waals surface area contributed by atoms with Crippen molar-refractivity contribution in [3.05, 3.63) is 67.4 Å². The van der Waals surface area contributed by atoms with Crippen LogP contribution in [0.5, 0.6) is 18.0 Å². The largest absolute Gasteiger partial charge is 0.460 e. The van der Waals surface area contributed by atoms with Gasteiger partial charge < -0.3 is 18.9 Å². The molecule has 1 unspecified atom stereocenters. The third-order valence-corrected chi connectivity index (χ3v) is 4.90. The van der Waals surface area contributed by atoms with E-state index in [-0.39, 0.29) is 44.0 Å². The van der Waals surface area contributed by atoms with Crippen LogP contribution in [-0.2, 0) is 11.3 Å². The Morgan fingerprint density at radius 3 is 2.33 bits per heavy atom. The van der Waals surface area contributed by atoms with Gasteiger partial charge in [0.15, 0.2) is 0 Å². The quantitative estimate of drug-likeness (QED) is 0.410. The Hall–Kier alpha value is -3.56. The molecule has 1 fully saturated rings. The van der Waals surface area contributed by atoms with Gasteiger partial charge >= 0.3 is 18.0 Å². The molecule has 0 amide bonds. The molecule has 0 aliphatic carbocycles. The Morgan fingerprint density at radius 1 is 0.909 bits per heavy atom. The summed E-state index contributed by atoms with van der Waals surface area (Å²) in [4.78, 5) is 19.5. The molecule has 2 aromatic heterocycles. The van der Waals surface area contributed by atoms with Crippen LogP contribution < -0.4 is 14.2 Å². The molecular weight excluding hydrogens is 422 g/mol. The van der Waals surface area contributed by atoms with Gasteiger partial charge in [-0.1, -0.05) is 49.6 Å². The van der Waals surface area contributed by atoms with Crippen molar-refractivity contribution in [3.8, 4) is 18.0 Å². The molecule has 3 heterocycles. The van der Waals surface area contributed by atoms with Gasteiger partial charge in [0.1, 0.15) is 25.9 Å². The number of morpholine rings is 1. The lowest BCUT2D eigenvalue weighted by Gasteiger charge is -2.32. The van der Waals surface area contributed by atoms with Gasteiger partial charge in [0.25, 0.3) is 0 Å². The summed E-state index contributed by atoms with van der Waals surface area (Å²) in [5.74, 6) is 0. The molecule has 1 atom stereocenters. The van der Waals surface area contributed by atoms with Gasteiger partial charge in [-0.25, -0.2) is 0 Å². The van der Waals surface area contributed by atoms with Crippen molar-refractivity contribution in [1.29, 1.82) is 0 Å². The van der Waals surface area contributed by atoms with Crippen LogP contribution >= 0.6 is 0 Å². The van der Waals surface area contributed by atoms with Crippen molar-refractivity contribution in [3.63, 3.8) is 0 Å². The Balaban J connectivity index is 1.35. The molecule has 1 aliphatic rings. The molecule has 1 aliphatic heterocycles. The zero-order chi connectivity index (χ0) is 22.9. The van der Waals surface area contributed by atoms with E-state index in [0.717, 1.165) is 29.7 Å². The fourth-order valence-corrected chi connectivity index (χ4v) is 3.40. The van der Waals surface area contributed by atoms with E-state index >= 15 is 0 Å². The average molecular weight is 450 g/mol. The second-order valence-electron chi connectivity index (χ2n) is 7.42. The third-order valence-electron chi connectivity index (χ3n) is 4.90. The lowest BCUT2D eigenvalue weighted by Crippen LogP contribution is -2.44. The molecule has 9 heteroatoms. The van der Waals surface area contributed by atoms with Crippen LogP contribution in [0, 0.1) is 0 Å². The summed E-state index contributed by atoms with van der Waals surface area (Å²) in [7, 11) is 0. The maximum absolute atomic E-state index is 5.88. The number of aromatic nitrogens is 4. The minimum Gasteiger partial charge on any atom is -0.460 e. The van der Waals surface area contributed by atoms with Crippen molar-refractivity contribution < 1.29 is 18.9 Å². The van der Waals surface area contributed by atoms with Gasteiger partial charge in [-0.3, -0.25) is 9.88 Å². The van der Waals surface area contributed by atoms with E-state index in [1.165, 1.54) is 0 Å². The van der Waals surface area contributed by atoms with E-state index in [2.05, 4.69) is 51.2 Å². The average Bonchev–Trinajstić information content (AvgIpc) is 2.85. The number of pyridine rings is 1. The fourth-order valence-electron chi connectivity index (χ4n) is 3.40. The van der Waals surface area contributed by atoms with Gasteiger partial charge in [-0.05, 0) is 12.1 Å². The minimum absolute atomic E-state index is 0.104. The zero-order valence-corrected chi connectivity index (χ0v) is 18.4. The van der Waals surface area contributed by atoms with Gasteiger partial charge in [-0.2, -0.15) is 0 Å². The molecule has 3 aromatic rings. The third kappa shape index (κ3) is 6.47. The Kier molecular flexibility index (Phi) is 7.78. The molecule has 1 aromatic carbocycles. The number of ether oxygens (including phenoxy) is 4. The number of hydrogen-bond donors (Lipinski definition) is 0. The molecule has 0 radical (unpaired) electrons. The molecule has 33 heavy (non-hydrogen) atoms. The van der Waals surface area contributed by atoms with Crippen molar-refractivity contribution in [2.45, 2.75) is 12.6 Å². The van der Waals surface area contributed by atoms with Crippen molar-refractivity contribution >= 4 is 10.9 Å². The first-order valence-electron chi connectivity index (χ1n) is 10.8. The number of hydrogen-bond acceptors (Lipinski definition) is 9. The van der Waals surface area contributed by atoms with E-state index in [0.29, 0.717) is 13.2 Å². The van der Waals surface area contributed by atoms with Crippen molar-refractivity contribution in [2.24, 2.45) is 0 Å². The van der Waals surface area contributed by atoms with E-state index in [4.69, 9.17) is 23.9 Å². The van der Waals surface area contributed by atoms with Gasteiger partial charge in [0.05, 0.1) is 17.8 Å². The van der Waals surface area contributed by atoms with E-state index in [1.54, 1.807) is 12.2 Å². The maximum atomic E-state index is 5.88. The predicted molar refractivity (Wildman–Crippen MR) is 123 cm³/mol. The molecule has 0 spiro atoms. The summed E-state index contributed by atoms with van der Waals surface area (Å²) in [5.41, 5.74) is 2.03. The van der Waals surface area contributed by atoms with Crippen LogP contribution in [0.1, 0.15) is 5.69 Å². The first-order chi connectivity index (χ1) is 16.2. The Labute approximate surface area is 192 Å². The van der Waals surface area contributed by atoms with Crippen LogP contribution in [0.2, 0.25) is 0 Å². The second kappa shape index (κ2) is 11.3. The van der Waals surface area contributed by atoms with Crippen LogP contribution in [0.25, 0.3) is 10.9 Å². The number of benzene rings is 1. The molecular formula is C24H27N5O4. The summed E-state index contributed by atoms with van der Waals surface area (Å²) in [6, 6.07) is 12.6. The number of rotatable bonds is 11. The predicted octanol–water partition coefficient (Wildman–Crippen LogP) is 2.83. The van der Waals surface area contributed by atoms with Gasteiger partial charge in [0, 0.05) is 25.0 Å². The highest BCUT2D eigenvalue weighted by Gasteiger charge is 2.22. The summed E-state index contributed by atoms with van der Waals surface area (Å²) in [6.45, 7) is 10.9. The topological polar surface area (TPSA) is 91.7 Å². The van der Waals surface area contributed by atoms with Crippen molar-refractivity contribution in [2.75, 3.05) is 39.5 Å². The molecule has 172 valence electrons. The van der Waals surface area contributed by atoms with Gasteiger partial charge in [-0.15, -0.1) is 15.0 Å². The SMILES string of the molecule is C=CCOc1nc(OCC=C)nc(OCC2CN(Cc3ccc4ccccc4n3)CCO2)n1. The molecule has 0 saturated carbocycles. The summed E-state index contributed by atoms with van der Waals surface area (Å²) < 4.78 is 22.5.